The molecule has 0 aliphatic heterocycles. The maximum Gasteiger partial charge on any atom is 0.205 e. The Bertz CT molecular complexity index is 1210. The molecule has 0 radical (unpaired) electrons. The summed E-state index contributed by atoms with van der Waals surface area (Å²) in [7, 11) is 1.70. The highest BCUT2D eigenvalue weighted by Gasteiger charge is 2.27. The predicted molar refractivity (Wildman–Crippen MR) is 94.1 cm³/mol. The van der Waals surface area contributed by atoms with E-state index in [1.165, 1.54) is 4.80 Å². The fraction of sp³-hybridized carbons (Fsp3) is 0.263. The Kier molecular flexibility index (Phi) is 3.71. The van der Waals surface area contributed by atoms with Crippen molar-refractivity contribution >= 4 is 5.65 Å². The van der Waals surface area contributed by atoms with Gasteiger partial charge in [-0.05, 0) is 54.2 Å². The van der Waals surface area contributed by atoms with Gasteiger partial charge in [0.15, 0.2) is 11.6 Å². The Morgan fingerprint density at radius 1 is 1.07 bits per heavy atom. The Morgan fingerprint density at radius 2 is 1.89 bits per heavy atom. The third-order valence-corrected chi connectivity index (χ3v) is 5.22. The van der Waals surface area contributed by atoms with E-state index in [2.05, 4.69) is 20.4 Å². The minimum absolute atomic E-state index is 0.200. The summed E-state index contributed by atoms with van der Waals surface area (Å²) in [5.41, 5.74) is 3.62. The maximum atomic E-state index is 14.2. The molecular formula is C19H15F3N6. The van der Waals surface area contributed by atoms with Crippen LogP contribution in [0, 0.1) is 17.5 Å². The first-order valence-corrected chi connectivity index (χ1v) is 8.88. The van der Waals surface area contributed by atoms with Crippen LogP contribution in [0.1, 0.15) is 29.3 Å². The fourth-order valence-corrected chi connectivity index (χ4v) is 3.87. The number of aryl methyl sites for hydroxylation is 2. The molecule has 0 saturated heterocycles. The number of pyridine rings is 1. The largest absolute Gasteiger partial charge is 0.304 e. The molecular weight excluding hydrogens is 369 g/mol. The normalized spacial score (nSPS) is 16.5. The van der Waals surface area contributed by atoms with Crippen LogP contribution in [0.4, 0.5) is 13.2 Å². The summed E-state index contributed by atoms with van der Waals surface area (Å²) in [6, 6.07) is 5.35. The summed E-state index contributed by atoms with van der Waals surface area (Å²) in [6.45, 7) is 0. The Balaban J connectivity index is 1.51. The number of imidazole rings is 1. The minimum atomic E-state index is -1.17. The standard InChI is InChI=1S/C19H15F3N6/c1-27-25-19(24-26-27)11-4-5-28-17-3-2-10(6-16(17)23-18(28)7-11)12-8-14(21)15(22)9-13(12)20/h4-5,7-10H,2-3,6H2,1H3. The SMILES string of the molecule is Cn1nnc(-c2ccn3c4c(nc3c2)CC(c2cc(F)c(F)cc2F)CC4)n1. The molecule has 142 valence electrons. The number of rotatable bonds is 2. The van der Waals surface area contributed by atoms with Gasteiger partial charge in [-0.25, -0.2) is 18.2 Å². The number of fused-ring (bicyclic) bond motifs is 3. The maximum absolute atomic E-state index is 14.2. The van der Waals surface area contributed by atoms with Gasteiger partial charge in [0, 0.05) is 23.5 Å². The summed E-state index contributed by atoms with van der Waals surface area (Å²) >= 11 is 0. The van der Waals surface area contributed by atoms with Crippen molar-refractivity contribution in [1.29, 1.82) is 0 Å². The molecule has 0 bridgehead atoms. The lowest BCUT2D eigenvalue weighted by molar-refractivity contribution is 0.473. The van der Waals surface area contributed by atoms with Crippen molar-refractivity contribution in [3.8, 4) is 11.4 Å². The van der Waals surface area contributed by atoms with Gasteiger partial charge in [-0.2, -0.15) is 4.80 Å². The molecule has 1 aromatic carbocycles. The molecule has 6 nitrogen and oxygen atoms in total. The zero-order chi connectivity index (χ0) is 19.4. The third-order valence-electron chi connectivity index (χ3n) is 5.22. The van der Waals surface area contributed by atoms with Gasteiger partial charge < -0.3 is 4.40 Å². The quantitative estimate of drug-likeness (QED) is 0.498. The van der Waals surface area contributed by atoms with Gasteiger partial charge in [-0.15, -0.1) is 10.2 Å². The first kappa shape index (κ1) is 16.9. The Labute approximate surface area is 157 Å². The lowest BCUT2D eigenvalue weighted by atomic mass is 9.84. The number of tetrazole rings is 1. The average Bonchev–Trinajstić information content (AvgIpc) is 3.26. The van der Waals surface area contributed by atoms with Crippen LogP contribution in [0.2, 0.25) is 0 Å². The molecule has 5 rings (SSSR count). The summed E-state index contributed by atoms with van der Waals surface area (Å²) in [5, 5.41) is 12.0. The second-order valence-electron chi connectivity index (χ2n) is 6.98. The first-order chi connectivity index (χ1) is 13.5. The van der Waals surface area contributed by atoms with E-state index in [1.54, 1.807) is 7.05 Å². The van der Waals surface area contributed by atoms with Gasteiger partial charge in [0.25, 0.3) is 0 Å². The molecule has 0 spiro atoms. The van der Waals surface area contributed by atoms with Gasteiger partial charge in [0.2, 0.25) is 5.82 Å². The molecule has 28 heavy (non-hydrogen) atoms. The minimum Gasteiger partial charge on any atom is -0.304 e. The zero-order valence-corrected chi connectivity index (χ0v) is 14.9. The highest BCUT2D eigenvalue weighted by molar-refractivity contribution is 5.61. The Morgan fingerprint density at radius 3 is 2.68 bits per heavy atom. The van der Waals surface area contributed by atoms with Gasteiger partial charge >= 0.3 is 0 Å². The van der Waals surface area contributed by atoms with Crippen molar-refractivity contribution in [3.05, 3.63) is 64.9 Å². The summed E-state index contributed by atoms with van der Waals surface area (Å²) in [4.78, 5) is 6.07. The monoisotopic (exact) mass is 384 g/mol. The van der Waals surface area contributed by atoms with Crippen LogP contribution in [-0.2, 0) is 19.9 Å². The van der Waals surface area contributed by atoms with Crippen LogP contribution in [0.15, 0.2) is 30.5 Å². The molecule has 0 saturated carbocycles. The van der Waals surface area contributed by atoms with Crippen molar-refractivity contribution < 1.29 is 13.2 Å². The smallest absolute Gasteiger partial charge is 0.205 e. The predicted octanol–water partition coefficient (Wildman–Crippen LogP) is 3.21. The topological polar surface area (TPSA) is 60.9 Å². The number of hydrogen-bond acceptors (Lipinski definition) is 4. The van der Waals surface area contributed by atoms with Gasteiger partial charge in [0.1, 0.15) is 11.5 Å². The van der Waals surface area contributed by atoms with Crippen molar-refractivity contribution in [2.24, 2.45) is 7.05 Å². The van der Waals surface area contributed by atoms with E-state index in [1.807, 2.05) is 22.7 Å². The van der Waals surface area contributed by atoms with Crippen LogP contribution >= 0.6 is 0 Å². The number of nitrogens with zero attached hydrogens (tertiary/aromatic N) is 6. The fourth-order valence-electron chi connectivity index (χ4n) is 3.87. The molecule has 3 heterocycles. The van der Waals surface area contributed by atoms with E-state index in [0.29, 0.717) is 31.2 Å². The van der Waals surface area contributed by atoms with E-state index in [-0.39, 0.29) is 11.5 Å². The van der Waals surface area contributed by atoms with Crippen LogP contribution in [0.3, 0.4) is 0 Å². The van der Waals surface area contributed by atoms with Crippen molar-refractivity contribution in [2.45, 2.75) is 25.2 Å². The summed E-state index contributed by atoms with van der Waals surface area (Å²) in [6.07, 6.45) is 3.68. The summed E-state index contributed by atoms with van der Waals surface area (Å²) < 4.78 is 43.0. The highest BCUT2D eigenvalue weighted by atomic mass is 19.2. The molecule has 1 aliphatic rings. The van der Waals surface area contributed by atoms with Gasteiger partial charge in [-0.1, -0.05) is 0 Å². The number of aromatic nitrogens is 6. The van der Waals surface area contributed by atoms with E-state index in [9.17, 15) is 13.2 Å². The van der Waals surface area contributed by atoms with Crippen molar-refractivity contribution in [2.75, 3.05) is 0 Å². The van der Waals surface area contributed by atoms with E-state index in [4.69, 9.17) is 0 Å². The molecule has 1 aliphatic carbocycles. The van der Waals surface area contributed by atoms with Crippen LogP contribution < -0.4 is 0 Å². The zero-order valence-electron chi connectivity index (χ0n) is 14.9. The van der Waals surface area contributed by atoms with Crippen LogP contribution in [-0.4, -0.2) is 29.6 Å². The molecule has 3 aromatic heterocycles. The molecule has 4 aromatic rings. The second kappa shape index (κ2) is 6.15. The van der Waals surface area contributed by atoms with E-state index < -0.39 is 17.5 Å². The molecule has 0 fully saturated rings. The number of hydrogen-bond donors (Lipinski definition) is 0. The second-order valence-corrected chi connectivity index (χ2v) is 6.98. The number of halogens is 3. The molecule has 1 atom stereocenters. The van der Waals surface area contributed by atoms with E-state index in [0.717, 1.165) is 28.7 Å². The Hall–Kier alpha value is -3.23. The molecule has 9 heteroatoms. The lowest BCUT2D eigenvalue weighted by Crippen LogP contribution is -2.15. The third kappa shape index (κ3) is 2.65. The lowest BCUT2D eigenvalue weighted by Gasteiger charge is -2.22. The van der Waals surface area contributed by atoms with Crippen molar-refractivity contribution in [1.82, 2.24) is 29.6 Å². The average molecular weight is 384 g/mol. The van der Waals surface area contributed by atoms with Crippen LogP contribution in [0.5, 0.6) is 0 Å². The van der Waals surface area contributed by atoms with Gasteiger partial charge in [0.05, 0.1) is 12.7 Å². The van der Waals surface area contributed by atoms with Gasteiger partial charge in [-0.3, -0.25) is 0 Å². The molecule has 0 N–H and O–H groups in total. The van der Waals surface area contributed by atoms with E-state index >= 15 is 0 Å². The summed E-state index contributed by atoms with van der Waals surface area (Å²) in [5.74, 6) is -2.65. The van der Waals surface area contributed by atoms with Crippen molar-refractivity contribution in [3.63, 3.8) is 0 Å². The first-order valence-electron chi connectivity index (χ1n) is 8.88. The molecule has 1 unspecified atom stereocenters. The number of benzene rings is 1. The molecule has 0 amide bonds. The highest BCUT2D eigenvalue weighted by Crippen LogP contribution is 2.35. The van der Waals surface area contributed by atoms with Crippen LogP contribution in [0.25, 0.3) is 17.0 Å².